The summed E-state index contributed by atoms with van der Waals surface area (Å²) >= 11 is 0. The standard InChI is InChI=1S/C24H22N2O2/c27-21-7-5-16-9-11-26(12-10-17(16)15-21)24(28)25-20-6-8-23-19(14-20)13-18-3-1-2-4-22(18)23/h1-8,14-15,27H,9-13H2,(H,25,28). The van der Waals surface area contributed by atoms with Gasteiger partial charge in [-0.05, 0) is 76.9 Å². The van der Waals surface area contributed by atoms with Crippen molar-refractivity contribution in [3.63, 3.8) is 0 Å². The highest BCUT2D eigenvalue weighted by Gasteiger charge is 2.21. The number of nitrogens with one attached hydrogen (secondary N) is 1. The Balaban J connectivity index is 1.30. The van der Waals surface area contributed by atoms with E-state index in [0.29, 0.717) is 13.1 Å². The molecule has 1 aliphatic carbocycles. The molecule has 0 fully saturated rings. The van der Waals surface area contributed by atoms with Gasteiger partial charge in [-0.2, -0.15) is 0 Å². The van der Waals surface area contributed by atoms with Crippen molar-refractivity contribution < 1.29 is 9.90 Å². The van der Waals surface area contributed by atoms with Crippen LogP contribution in [0.2, 0.25) is 0 Å². The molecule has 2 amide bonds. The highest BCUT2D eigenvalue weighted by molar-refractivity contribution is 5.90. The number of nitrogens with zero attached hydrogens (tertiary/aromatic N) is 1. The third kappa shape index (κ3) is 3.01. The zero-order valence-electron chi connectivity index (χ0n) is 15.6. The summed E-state index contributed by atoms with van der Waals surface area (Å²) in [4.78, 5) is 14.7. The molecule has 0 atom stereocenters. The van der Waals surface area contributed by atoms with Crippen LogP contribution < -0.4 is 5.32 Å². The number of benzene rings is 3. The van der Waals surface area contributed by atoms with E-state index in [9.17, 15) is 9.90 Å². The molecule has 140 valence electrons. The lowest BCUT2D eigenvalue weighted by Crippen LogP contribution is -2.36. The van der Waals surface area contributed by atoms with E-state index in [1.54, 1.807) is 6.07 Å². The zero-order valence-corrected chi connectivity index (χ0v) is 15.6. The van der Waals surface area contributed by atoms with Gasteiger partial charge in [-0.1, -0.05) is 36.4 Å². The molecule has 4 heteroatoms. The van der Waals surface area contributed by atoms with Crippen LogP contribution in [-0.4, -0.2) is 29.1 Å². The zero-order chi connectivity index (χ0) is 19.1. The predicted octanol–water partition coefficient (Wildman–Crippen LogP) is 4.60. The molecule has 3 aromatic carbocycles. The minimum Gasteiger partial charge on any atom is -0.508 e. The third-order valence-corrected chi connectivity index (χ3v) is 5.82. The fraction of sp³-hybridized carbons (Fsp3) is 0.208. The number of rotatable bonds is 1. The number of amides is 2. The minimum absolute atomic E-state index is 0.0625. The van der Waals surface area contributed by atoms with Crippen molar-refractivity contribution >= 4 is 11.7 Å². The van der Waals surface area contributed by atoms with Gasteiger partial charge in [0.1, 0.15) is 5.75 Å². The molecule has 0 spiro atoms. The SMILES string of the molecule is O=C(Nc1ccc2c(c1)Cc1ccccc1-2)N1CCc2ccc(O)cc2CC1. The Bertz CT molecular complexity index is 1070. The van der Waals surface area contributed by atoms with Gasteiger partial charge in [-0.3, -0.25) is 0 Å². The van der Waals surface area contributed by atoms with Crippen molar-refractivity contribution in [2.45, 2.75) is 19.3 Å². The summed E-state index contributed by atoms with van der Waals surface area (Å²) in [6.45, 7) is 1.33. The van der Waals surface area contributed by atoms with Crippen LogP contribution in [0.15, 0.2) is 60.7 Å². The summed E-state index contributed by atoms with van der Waals surface area (Å²) in [5.74, 6) is 0.288. The van der Waals surface area contributed by atoms with Crippen molar-refractivity contribution in [1.29, 1.82) is 0 Å². The van der Waals surface area contributed by atoms with Gasteiger partial charge in [0.05, 0.1) is 0 Å². The van der Waals surface area contributed by atoms with Gasteiger partial charge in [0.25, 0.3) is 0 Å². The van der Waals surface area contributed by atoms with Crippen LogP contribution in [0.25, 0.3) is 11.1 Å². The first-order chi connectivity index (χ1) is 13.7. The van der Waals surface area contributed by atoms with Crippen LogP contribution in [-0.2, 0) is 19.3 Å². The maximum atomic E-state index is 12.8. The van der Waals surface area contributed by atoms with E-state index in [4.69, 9.17) is 0 Å². The Labute approximate surface area is 164 Å². The van der Waals surface area contributed by atoms with Crippen molar-refractivity contribution in [3.05, 3.63) is 82.9 Å². The van der Waals surface area contributed by atoms with E-state index in [1.807, 2.05) is 23.1 Å². The van der Waals surface area contributed by atoms with E-state index < -0.39 is 0 Å². The number of carbonyl (C=O) groups is 1. The van der Waals surface area contributed by atoms with Gasteiger partial charge < -0.3 is 15.3 Å². The second-order valence-corrected chi connectivity index (χ2v) is 7.58. The van der Waals surface area contributed by atoms with E-state index in [2.05, 4.69) is 41.7 Å². The lowest BCUT2D eigenvalue weighted by atomic mass is 10.0. The Hall–Kier alpha value is -3.27. The lowest BCUT2D eigenvalue weighted by Gasteiger charge is -2.21. The van der Waals surface area contributed by atoms with Gasteiger partial charge in [-0.25, -0.2) is 4.79 Å². The summed E-state index contributed by atoms with van der Waals surface area (Å²) in [5, 5.41) is 12.8. The molecule has 0 saturated heterocycles. The first kappa shape index (κ1) is 16.9. The van der Waals surface area contributed by atoms with E-state index in [-0.39, 0.29) is 11.8 Å². The van der Waals surface area contributed by atoms with Crippen LogP contribution in [0.3, 0.4) is 0 Å². The quantitative estimate of drug-likeness (QED) is 0.515. The lowest BCUT2D eigenvalue weighted by molar-refractivity contribution is 0.214. The summed E-state index contributed by atoms with van der Waals surface area (Å²) in [6.07, 6.45) is 2.48. The molecule has 28 heavy (non-hydrogen) atoms. The summed E-state index contributed by atoms with van der Waals surface area (Å²) in [6, 6.07) is 20.1. The molecule has 0 unspecified atom stereocenters. The van der Waals surface area contributed by atoms with E-state index in [1.165, 1.54) is 27.8 Å². The van der Waals surface area contributed by atoms with Gasteiger partial charge in [0.15, 0.2) is 0 Å². The highest BCUT2D eigenvalue weighted by atomic mass is 16.3. The molecule has 0 saturated carbocycles. The second-order valence-electron chi connectivity index (χ2n) is 7.58. The van der Waals surface area contributed by atoms with Gasteiger partial charge in [-0.15, -0.1) is 0 Å². The molecule has 1 aliphatic heterocycles. The van der Waals surface area contributed by atoms with Gasteiger partial charge in [0.2, 0.25) is 0 Å². The maximum Gasteiger partial charge on any atom is 0.321 e. The van der Waals surface area contributed by atoms with Crippen LogP contribution >= 0.6 is 0 Å². The Kier molecular flexibility index (Phi) is 4.05. The van der Waals surface area contributed by atoms with Gasteiger partial charge in [0, 0.05) is 18.8 Å². The number of phenols is 1. The minimum atomic E-state index is -0.0625. The molecule has 2 aliphatic rings. The Morgan fingerprint density at radius 3 is 2.50 bits per heavy atom. The highest BCUT2D eigenvalue weighted by Crippen LogP contribution is 2.37. The molecular weight excluding hydrogens is 348 g/mol. The van der Waals surface area contributed by atoms with Crippen LogP contribution in [0, 0.1) is 0 Å². The number of urea groups is 1. The van der Waals surface area contributed by atoms with Crippen molar-refractivity contribution in [1.82, 2.24) is 4.90 Å². The number of carbonyl (C=O) groups excluding carboxylic acids is 1. The van der Waals surface area contributed by atoms with Crippen LogP contribution in [0.1, 0.15) is 22.3 Å². The molecule has 5 rings (SSSR count). The Morgan fingerprint density at radius 2 is 1.61 bits per heavy atom. The summed E-state index contributed by atoms with van der Waals surface area (Å²) in [7, 11) is 0. The molecule has 2 N–H and O–H groups in total. The number of phenolic OH excluding ortho intramolecular Hbond substituents is 1. The maximum absolute atomic E-state index is 12.8. The number of fused-ring (bicyclic) bond motifs is 4. The fourth-order valence-electron chi connectivity index (χ4n) is 4.34. The summed E-state index contributed by atoms with van der Waals surface area (Å²) < 4.78 is 0. The van der Waals surface area contributed by atoms with Crippen molar-refractivity contribution in [2.75, 3.05) is 18.4 Å². The first-order valence-corrected chi connectivity index (χ1v) is 9.75. The normalized spacial score (nSPS) is 14.6. The monoisotopic (exact) mass is 370 g/mol. The fourth-order valence-corrected chi connectivity index (χ4v) is 4.34. The summed E-state index contributed by atoms with van der Waals surface area (Å²) in [5.41, 5.74) is 8.35. The molecule has 4 nitrogen and oxygen atoms in total. The second kappa shape index (κ2) is 6.71. The van der Waals surface area contributed by atoms with Gasteiger partial charge >= 0.3 is 6.03 Å². The van der Waals surface area contributed by atoms with Crippen LogP contribution in [0.4, 0.5) is 10.5 Å². The van der Waals surface area contributed by atoms with Crippen LogP contribution in [0.5, 0.6) is 5.75 Å². The smallest absolute Gasteiger partial charge is 0.321 e. The number of hydrogen-bond acceptors (Lipinski definition) is 2. The molecule has 1 heterocycles. The topological polar surface area (TPSA) is 52.6 Å². The first-order valence-electron chi connectivity index (χ1n) is 9.75. The average Bonchev–Trinajstić information content (AvgIpc) is 2.92. The largest absolute Gasteiger partial charge is 0.508 e. The van der Waals surface area contributed by atoms with Crippen molar-refractivity contribution in [2.24, 2.45) is 0 Å². The van der Waals surface area contributed by atoms with E-state index >= 15 is 0 Å². The predicted molar refractivity (Wildman–Crippen MR) is 111 cm³/mol. The average molecular weight is 370 g/mol. The van der Waals surface area contributed by atoms with E-state index in [0.717, 1.165) is 30.5 Å². The number of aromatic hydroxyl groups is 1. The number of hydrogen-bond donors (Lipinski definition) is 2. The Morgan fingerprint density at radius 1 is 0.821 bits per heavy atom. The molecule has 0 radical (unpaired) electrons. The molecule has 0 bridgehead atoms. The third-order valence-electron chi connectivity index (χ3n) is 5.82. The van der Waals surface area contributed by atoms with Crippen molar-refractivity contribution in [3.8, 4) is 16.9 Å². The number of anilines is 1. The molecule has 3 aromatic rings. The molecule has 0 aromatic heterocycles. The molecular formula is C24H22N2O2.